The fraction of sp³-hybridized carbons (Fsp3) is 0. The minimum Gasteiger partial charge on any atom is -0.309 e. The highest BCUT2D eigenvalue weighted by atomic mass is 32.1. The molecule has 0 aliphatic carbocycles. The topological polar surface area (TPSA) is 43.6 Å². The molecule has 188 valence electrons. The van der Waals surface area contributed by atoms with Crippen LogP contribution in [-0.4, -0.2) is 19.5 Å². The predicted molar refractivity (Wildman–Crippen MR) is 166 cm³/mol. The number of para-hydroxylation sites is 2. The minimum atomic E-state index is 0.911. The molecule has 0 spiro atoms. The van der Waals surface area contributed by atoms with Crippen molar-refractivity contribution in [1.29, 1.82) is 0 Å². The summed E-state index contributed by atoms with van der Waals surface area (Å²) in [7, 11) is 0. The number of aromatic nitrogens is 4. The van der Waals surface area contributed by atoms with Gasteiger partial charge in [-0.05, 0) is 60.7 Å². The van der Waals surface area contributed by atoms with Gasteiger partial charge in [0.15, 0.2) is 0 Å². The molecule has 0 bridgehead atoms. The summed E-state index contributed by atoms with van der Waals surface area (Å²) < 4.78 is 3.55. The number of benzene rings is 4. The normalized spacial score (nSPS) is 11.5. The first kappa shape index (κ1) is 22.8. The first-order valence-electron chi connectivity index (χ1n) is 13.2. The molecule has 0 saturated heterocycles. The van der Waals surface area contributed by atoms with Gasteiger partial charge in [-0.25, -0.2) is 4.98 Å². The molecule has 4 aromatic heterocycles. The standard InChI is InChI=1S/C35H22N4S/c1-3-15-31-26(11-1)27-18-17-24(35-38-30-14-2-4-16-33(30)40-35)22-32(27)39(31)25-10-7-9-23(21-25)34-28(12-8-20-37-34)29-13-5-6-19-36-29/h1-22H. The summed E-state index contributed by atoms with van der Waals surface area (Å²) in [5.41, 5.74) is 9.46. The van der Waals surface area contributed by atoms with Crippen LogP contribution >= 0.6 is 11.3 Å². The molecule has 0 aliphatic rings. The van der Waals surface area contributed by atoms with Gasteiger partial charge in [0.05, 0.1) is 32.6 Å². The van der Waals surface area contributed by atoms with Crippen molar-refractivity contribution < 1.29 is 0 Å². The van der Waals surface area contributed by atoms with Crippen molar-refractivity contribution in [2.45, 2.75) is 0 Å². The summed E-state index contributed by atoms with van der Waals surface area (Å²) >= 11 is 1.73. The van der Waals surface area contributed by atoms with Crippen molar-refractivity contribution in [3.63, 3.8) is 0 Å². The Bertz CT molecular complexity index is 2140. The Hall–Kier alpha value is -5.13. The van der Waals surface area contributed by atoms with Gasteiger partial charge in [0, 0.05) is 45.5 Å². The number of rotatable bonds is 4. The number of pyridine rings is 2. The van der Waals surface area contributed by atoms with Gasteiger partial charge in [-0.1, -0.05) is 60.7 Å². The number of nitrogens with zero attached hydrogens (tertiary/aromatic N) is 4. The summed E-state index contributed by atoms with van der Waals surface area (Å²) in [5.74, 6) is 0. The van der Waals surface area contributed by atoms with E-state index in [0.717, 1.165) is 49.8 Å². The lowest BCUT2D eigenvalue weighted by Gasteiger charge is -2.12. The first-order valence-corrected chi connectivity index (χ1v) is 14.0. The van der Waals surface area contributed by atoms with E-state index in [4.69, 9.17) is 9.97 Å². The highest BCUT2D eigenvalue weighted by Gasteiger charge is 2.16. The smallest absolute Gasteiger partial charge is 0.124 e. The van der Waals surface area contributed by atoms with E-state index in [1.807, 2.05) is 42.7 Å². The van der Waals surface area contributed by atoms with Gasteiger partial charge >= 0.3 is 0 Å². The van der Waals surface area contributed by atoms with E-state index < -0.39 is 0 Å². The summed E-state index contributed by atoms with van der Waals surface area (Å²) in [6.45, 7) is 0. The molecule has 8 rings (SSSR count). The van der Waals surface area contributed by atoms with Crippen LogP contribution < -0.4 is 0 Å². The van der Waals surface area contributed by atoms with Crippen LogP contribution in [-0.2, 0) is 0 Å². The number of thiazole rings is 1. The number of hydrogen-bond donors (Lipinski definition) is 0. The van der Waals surface area contributed by atoms with Crippen molar-refractivity contribution in [3.05, 3.63) is 134 Å². The molecule has 5 heteroatoms. The molecule has 0 atom stereocenters. The van der Waals surface area contributed by atoms with Crippen LogP contribution in [0.15, 0.2) is 134 Å². The van der Waals surface area contributed by atoms with Gasteiger partial charge in [0.1, 0.15) is 5.01 Å². The van der Waals surface area contributed by atoms with Crippen molar-refractivity contribution in [2.75, 3.05) is 0 Å². The van der Waals surface area contributed by atoms with Crippen LogP contribution in [0.3, 0.4) is 0 Å². The van der Waals surface area contributed by atoms with E-state index in [0.29, 0.717) is 0 Å². The van der Waals surface area contributed by atoms with E-state index in [-0.39, 0.29) is 0 Å². The van der Waals surface area contributed by atoms with E-state index in [9.17, 15) is 0 Å². The monoisotopic (exact) mass is 530 g/mol. The van der Waals surface area contributed by atoms with E-state index >= 15 is 0 Å². The van der Waals surface area contributed by atoms with Crippen LogP contribution in [0.25, 0.3) is 70.8 Å². The maximum Gasteiger partial charge on any atom is 0.124 e. The zero-order valence-corrected chi connectivity index (χ0v) is 22.2. The molecule has 4 nitrogen and oxygen atoms in total. The Balaban J connectivity index is 1.34. The molecule has 0 N–H and O–H groups in total. The van der Waals surface area contributed by atoms with Gasteiger partial charge in [0.25, 0.3) is 0 Å². The molecular formula is C35H22N4S. The fourth-order valence-corrected chi connectivity index (χ4v) is 6.50. The average Bonchev–Trinajstić information content (AvgIpc) is 3.61. The maximum absolute atomic E-state index is 4.93. The van der Waals surface area contributed by atoms with Crippen molar-refractivity contribution in [3.8, 4) is 38.8 Å². The van der Waals surface area contributed by atoms with Crippen LogP contribution in [0.5, 0.6) is 0 Å². The van der Waals surface area contributed by atoms with E-state index in [1.165, 1.54) is 21.0 Å². The van der Waals surface area contributed by atoms with Crippen LogP contribution in [0.1, 0.15) is 0 Å². The summed E-state index contributed by atoms with van der Waals surface area (Å²) in [5, 5.41) is 3.48. The molecule has 40 heavy (non-hydrogen) atoms. The zero-order valence-electron chi connectivity index (χ0n) is 21.4. The molecule has 0 aliphatic heterocycles. The highest BCUT2D eigenvalue weighted by Crippen LogP contribution is 2.38. The lowest BCUT2D eigenvalue weighted by Crippen LogP contribution is -1.96. The van der Waals surface area contributed by atoms with E-state index in [1.54, 1.807) is 11.3 Å². The third kappa shape index (κ3) is 3.71. The molecule has 4 aromatic carbocycles. The second kappa shape index (κ2) is 9.26. The summed E-state index contributed by atoms with van der Waals surface area (Å²) in [6.07, 6.45) is 3.67. The van der Waals surface area contributed by atoms with Gasteiger partial charge in [-0.3, -0.25) is 9.97 Å². The fourth-order valence-electron chi connectivity index (χ4n) is 5.53. The molecule has 0 saturated carbocycles. The molecule has 4 heterocycles. The zero-order chi connectivity index (χ0) is 26.5. The predicted octanol–water partition coefficient (Wildman–Crippen LogP) is 9.18. The third-order valence-corrected chi connectivity index (χ3v) is 8.43. The third-order valence-electron chi connectivity index (χ3n) is 7.34. The van der Waals surface area contributed by atoms with Crippen LogP contribution in [0.2, 0.25) is 0 Å². The molecular weight excluding hydrogens is 508 g/mol. The van der Waals surface area contributed by atoms with Crippen LogP contribution in [0, 0.1) is 0 Å². The Morgan fingerprint density at radius 2 is 1.43 bits per heavy atom. The maximum atomic E-state index is 4.93. The molecule has 0 amide bonds. The van der Waals surface area contributed by atoms with Crippen molar-refractivity contribution >= 4 is 43.4 Å². The first-order chi connectivity index (χ1) is 19.8. The van der Waals surface area contributed by atoms with Crippen molar-refractivity contribution in [1.82, 2.24) is 19.5 Å². The van der Waals surface area contributed by atoms with Gasteiger partial charge < -0.3 is 4.57 Å². The molecule has 8 aromatic rings. The minimum absolute atomic E-state index is 0.911. The van der Waals surface area contributed by atoms with Crippen LogP contribution in [0.4, 0.5) is 0 Å². The van der Waals surface area contributed by atoms with Gasteiger partial charge in [-0.15, -0.1) is 11.3 Å². The molecule has 0 fully saturated rings. The SMILES string of the molecule is c1ccc(-c2cccnc2-c2cccc(-n3c4ccccc4c4ccc(-c5nc6ccccc6s5)cc43)c2)nc1. The lowest BCUT2D eigenvalue weighted by molar-refractivity contribution is 1.18. The highest BCUT2D eigenvalue weighted by molar-refractivity contribution is 7.21. The molecule has 0 unspecified atom stereocenters. The number of hydrogen-bond acceptors (Lipinski definition) is 4. The summed E-state index contributed by atoms with van der Waals surface area (Å²) in [4.78, 5) is 14.3. The van der Waals surface area contributed by atoms with Gasteiger partial charge in [-0.2, -0.15) is 0 Å². The second-order valence-corrected chi connectivity index (χ2v) is 10.8. The number of fused-ring (bicyclic) bond motifs is 4. The molecule has 0 radical (unpaired) electrons. The second-order valence-electron chi connectivity index (χ2n) is 9.74. The average molecular weight is 531 g/mol. The van der Waals surface area contributed by atoms with E-state index in [2.05, 4.69) is 101 Å². The Kier molecular flexibility index (Phi) is 5.28. The van der Waals surface area contributed by atoms with Gasteiger partial charge in [0.2, 0.25) is 0 Å². The lowest BCUT2D eigenvalue weighted by atomic mass is 10.0. The summed E-state index contributed by atoms with van der Waals surface area (Å²) in [6, 6.07) is 42.3. The Morgan fingerprint density at radius 3 is 2.35 bits per heavy atom. The van der Waals surface area contributed by atoms with Crippen molar-refractivity contribution in [2.24, 2.45) is 0 Å². The quantitative estimate of drug-likeness (QED) is 0.228. The largest absolute Gasteiger partial charge is 0.309 e. The Morgan fingerprint density at radius 1 is 0.575 bits per heavy atom. The Labute approximate surface area is 234 Å².